The molecule has 1 heterocycles. The number of pyridine rings is 1. The zero-order valence-corrected chi connectivity index (χ0v) is 10.3. The topological polar surface area (TPSA) is 65.2 Å². The molecular formula is C12H13ClN2O2. The molecular weight excluding hydrogens is 240 g/mol. The summed E-state index contributed by atoms with van der Waals surface area (Å²) in [5, 5.41) is 0.299. The summed E-state index contributed by atoms with van der Waals surface area (Å²) in [6, 6.07) is 1.69. The molecule has 17 heavy (non-hydrogen) atoms. The highest BCUT2D eigenvalue weighted by Crippen LogP contribution is 2.33. The zero-order chi connectivity index (χ0) is 12.4. The number of carbonyl (C=O) groups excluding carboxylic acids is 1. The highest BCUT2D eigenvalue weighted by molar-refractivity contribution is 6.31. The molecule has 90 valence electrons. The van der Waals surface area contributed by atoms with E-state index in [2.05, 4.69) is 15.8 Å². The van der Waals surface area contributed by atoms with Gasteiger partial charge in [-0.3, -0.25) is 0 Å². The Bertz CT molecular complexity index is 498. The molecule has 0 atom stereocenters. The Labute approximate surface area is 104 Å². The predicted octanol–water partition coefficient (Wildman–Crippen LogP) is 2.67. The van der Waals surface area contributed by atoms with Crippen molar-refractivity contribution in [2.24, 2.45) is 0 Å². The number of methoxy groups -OCH3 is 1. The molecule has 0 fully saturated rings. The summed E-state index contributed by atoms with van der Waals surface area (Å²) in [5.74, 6) is -0.573. The molecule has 2 N–H and O–H groups in total. The molecule has 0 bridgehead atoms. The minimum Gasteiger partial charge on any atom is -0.464 e. The van der Waals surface area contributed by atoms with Gasteiger partial charge in [0.2, 0.25) is 0 Å². The van der Waals surface area contributed by atoms with Gasteiger partial charge in [0.25, 0.3) is 0 Å². The molecule has 0 unspecified atom stereocenters. The molecule has 0 radical (unpaired) electrons. The van der Waals surface area contributed by atoms with Gasteiger partial charge >= 0.3 is 5.97 Å². The molecule has 1 aliphatic rings. The molecule has 0 saturated carbocycles. The first-order valence-corrected chi connectivity index (χ1v) is 5.75. The second-order valence-corrected chi connectivity index (χ2v) is 4.24. The summed E-state index contributed by atoms with van der Waals surface area (Å²) in [6.07, 6.45) is 5.26. The Morgan fingerprint density at radius 1 is 1.59 bits per heavy atom. The maximum absolute atomic E-state index is 11.4. The number of nitrogens with two attached hydrogens (primary N) is 1. The van der Waals surface area contributed by atoms with Crippen LogP contribution in [0.5, 0.6) is 0 Å². The number of allylic oxidation sites excluding steroid dienone is 2. The average Bonchev–Trinajstić information content (AvgIpc) is 2.84. The van der Waals surface area contributed by atoms with Crippen molar-refractivity contribution in [2.75, 3.05) is 12.8 Å². The van der Waals surface area contributed by atoms with Crippen molar-refractivity contribution in [3.8, 4) is 0 Å². The number of carbonyl (C=O) groups is 1. The SMILES string of the molecule is COC(=O)c1nc(Cl)c(C2=CCCC2)cc1N. The van der Waals surface area contributed by atoms with E-state index in [1.54, 1.807) is 6.07 Å². The van der Waals surface area contributed by atoms with Gasteiger partial charge in [-0.05, 0) is 30.9 Å². The summed E-state index contributed by atoms with van der Waals surface area (Å²) in [6.45, 7) is 0. The zero-order valence-electron chi connectivity index (χ0n) is 9.50. The standard InChI is InChI=1S/C12H13ClN2O2/c1-17-12(16)10-9(14)6-8(11(13)15-10)7-4-2-3-5-7/h4,6H,2-3,5,14H2,1H3. The number of esters is 1. The van der Waals surface area contributed by atoms with E-state index in [0.717, 1.165) is 30.4 Å². The molecule has 2 rings (SSSR count). The fraction of sp³-hybridized carbons (Fsp3) is 0.333. The maximum atomic E-state index is 11.4. The number of anilines is 1. The molecule has 1 aromatic heterocycles. The molecule has 1 aliphatic carbocycles. The second-order valence-electron chi connectivity index (χ2n) is 3.88. The van der Waals surface area contributed by atoms with Crippen LogP contribution in [0.3, 0.4) is 0 Å². The van der Waals surface area contributed by atoms with Gasteiger partial charge in [0, 0.05) is 5.56 Å². The lowest BCUT2D eigenvalue weighted by atomic mass is 10.1. The number of nitrogens with zero attached hydrogens (tertiary/aromatic N) is 1. The molecule has 0 spiro atoms. The number of halogens is 1. The molecule has 4 nitrogen and oxygen atoms in total. The minimum atomic E-state index is -0.573. The van der Waals surface area contributed by atoms with Crippen LogP contribution in [0.4, 0.5) is 5.69 Å². The van der Waals surface area contributed by atoms with E-state index in [-0.39, 0.29) is 5.69 Å². The summed E-state index contributed by atoms with van der Waals surface area (Å²) >= 11 is 6.07. The van der Waals surface area contributed by atoms with Gasteiger partial charge in [-0.1, -0.05) is 17.7 Å². The fourth-order valence-corrected chi connectivity index (χ4v) is 2.17. The Kier molecular flexibility index (Phi) is 3.33. The summed E-state index contributed by atoms with van der Waals surface area (Å²) < 4.78 is 4.58. The van der Waals surface area contributed by atoms with Gasteiger partial charge in [0.15, 0.2) is 5.69 Å². The van der Waals surface area contributed by atoms with E-state index < -0.39 is 5.97 Å². The summed E-state index contributed by atoms with van der Waals surface area (Å²) in [5.41, 5.74) is 8.11. The molecule has 0 aromatic carbocycles. The highest BCUT2D eigenvalue weighted by atomic mass is 35.5. The maximum Gasteiger partial charge on any atom is 0.358 e. The molecule has 0 aliphatic heterocycles. The Morgan fingerprint density at radius 2 is 2.35 bits per heavy atom. The predicted molar refractivity (Wildman–Crippen MR) is 66.8 cm³/mol. The van der Waals surface area contributed by atoms with Crippen LogP contribution in [0.15, 0.2) is 12.1 Å². The average molecular weight is 253 g/mol. The number of hydrogen-bond donors (Lipinski definition) is 1. The van der Waals surface area contributed by atoms with E-state index in [9.17, 15) is 4.79 Å². The first-order chi connectivity index (χ1) is 8.13. The van der Waals surface area contributed by atoms with Crippen molar-refractivity contribution in [1.82, 2.24) is 4.98 Å². The van der Waals surface area contributed by atoms with Crippen molar-refractivity contribution in [3.63, 3.8) is 0 Å². The van der Waals surface area contributed by atoms with E-state index in [0.29, 0.717) is 10.8 Å². The van der Waals surface area contributed by atoms with Crippen molar-refractivity contribution < 1.29 is 9.53 Å². The van der Waals surface area contributed by atoms with Crippen LogP contribution in [0, 0.1) is 0 Å². The normalized spacial score (nSPS) is 14.6. The van der Waals surface area contributed by atoms with E-state index in [1.807, 2.05) is 0 Å². The van der Waals surface area contributed by atoms with Crippen LogP contribution >= 0.6 is 11.6 Å². The van der Waals surface area contributed by atoms with Crippen LogP contribution in [-0.2, 0) is 4.74 Å². The Hall–Kier alpha value is -1.55. The fourth-order valence-electron chi connectivity index (χ4n) is 1.91. The second kappa shape index (κ2) is 4.75. The third-order valence-corrected chi connectivity index (χ3v) is 3.06. The largest absolute Gasteiger partial charge is 0.464 e. The Balaban J connectivity index is 2.44. The molecule has 0 saturated heterocycles. The third-order valence-electron chi connectivity index (χ3n) is 2.77. The summed E-state index contributed by atoms with van der Waals surface area (Å²) in [4.78, 5) is 15.4. The van der Waals surface area contributed by atoms with Crippen LogP contribution in [0.1, 0.15) is 35.3 Å². The van der Waals surface area contributed by atoms with Crippen LogP contribution in [0.2, 0.25) is 5.15 Å². The lowest BCUT2D eigenvalue weighted by Gasteiger charge is -2.09. The van der Waals surface area contributed by atoms with Crippen LogP contribution < -0.4 is 5.73 Å². The van der Waals surface area contributed by atoms with Crippen molar-refractivity contribution in [2.45, 2.75) is 19.3 Å². The van der Waals surface area contributed by atoms with Gasteiger partial charge in [-0.25, -0.2) is 9.78 Å². The third kappa shape index (κ3) is 2.26. The minimum absolute atomic E-state index is 0.0693. The summed E-state index contributed by atoms with van der Waals surface area (Å²) in [7, 11) is 1.28. The lowest BCUT2D eigenvalue weighted by Crippen LogP contribution is -2.09. The van der Waals surface area contributed by atoms with Gasteiger partial charge in [-0.2, -0.15) is 0 Å². The first kappa shape index (κ1) is 11.9. The quantitative estimate of drug-likeness (QED) is 0.649. The number of rotatable bonds is 2. The van der Waals surface area contributed by atoms with E-state index in [1.165, 1.54) is 7.11 Å². The van der Waals surface area contributed by atoms with E-state index in [4.69, 9.17) is 17.3 Å². The number of hydrogen-bond acceptors (Lipinski definition) is 4. The molecule has 1 aromatic rings. The first-order valence-electron chi connectivity index (χ1n) is 5.37. The van der Waals surface area contributed by atoms with Crippen molar-refractivity contribution >= 4 is 28.8 Å². The number of aromatic nitrogens is 1. The molecule has 0 amide bonds. The van der Waals surface area contributed by atoms with Crippen molar-refractivity contribution in [3.05, 3.63) is 28.6 Å². The molecule has 5 heteroatoms. The van der Waals surface area contributed by atoms with Crippen molar-refractivity contribution in [1.29, 1.82) is 0 Å². The van der Waals surface area contributed by atoms with Crippen LogP contribution in [-0.4, -0.2) is 18.1 Å². The van der Waals surface area contributed by atoms with Crippen LogP contribution in [0.25, 0.3) is 5.57 Å². The lowest BCUT2D eigenvalue weighted by molar-refractivity contribution is 0.0595. The number of nitrogen functional groups attached to an aromatic ring is 1. The highest BCUT2D eigenvalue weighted by Gasteiger charge is 2.18. The number of ether oxygens (including phenoxy) is 1. The monoisotopic (exact) mass is 252 g/mol. The van der Waals surface area contributed by atoms with E-state index >= 15 is 0 Å². The Morgan fingerprint density at radius 3 is 2.94 bits per heavy atom. The van der Waals surface area contributed by atoms with Gasteiger partial charge in [0.05, 0.1) is 12.8 Å². The van der Waals surface area contributed by atoms with Gasteiger partial charge in [-0.15, -0.1) is 0 Å². The smallest absolute Gasteiger partial charge is 0.358 e. The van der Waals surface area contributed by atoms with Gasteiger partial charge in [0.1, 0.15) is 5.15 Å². The van der Waals surface area contributed by atoms with Gasteiger partial charge < -0.3 is 10.5 Å².